The van der Waals surface area contributed by atoms with Crippen molar-refractivity contribution in [3.05, 3.63) is 0 Å². The molecule has 0 bridgehead atoms. The Morgan fingerprint density at radius 1 is 1.42 bits per heavy atom. The third-order valence-corrected chi connectivity index (χ3v) is 3.71. The average molecular weight is 243 g/mol. The number of ether oxygens (including phenoxy) is 1. The van der Waals surface area contributed by atoms with Crippen LogP contribution >= 0.6 is 15.9 Å². The van der Waals surface area contributed by atoms with Crippen LogP contribution in [0.25, 0.3) is 0 Å². The van der Waals surface area contributed by atoms with Crippen LogP contribution in [0.15, 0.2) is 0 Å². The van der Waals surface area contributed by atoms with Crippen LogP contribution in [0.4, 0.5) is 8.78 Å². The van der Waals surface area contributed by atoms with E-state index in [9.17, 15) is 8.78 Å². The topological polar surface area (TPSA) is 9.23 Å². The summed E-state index contributed by atoms with van der Waals surface area (Å²) in [5.74, 6) is -2.61. The maximum Gasteiger partial charge on any atom is 0.251 e. The van der Waals surface area contributed by atoms with Gasteiger partial charge in [-0.15, -0.1) is 0 Å². The van der Waals surface area contributed by atoms with Gasteiger partial charge in [0, 0.05) is 24.0 Å². The molecule has 1 nitrogen and oxygen atoms in total. The molecule has 0 radical (unpaired) electrons. The Bertz CT molecular complexity index is 150. The highest BCUT2D eigenvalue weighted by atomic mass is 79.9. The minimum Gasteiger partial charge on any atom is -0.381 e. The van der Waals surface area contributed by atoms with E-state index in [4.69, 9.17) is 4.74 Å². The molecule has 1 fully saturated rings. The number of hydrogen-bond donors (Lipinski definition) is 0. The van der Waals surface area contributed by atoms with Gasteiger partial charge in [-0.3, -0.25) is 0 Å². The van der Waals surface area contributed by atoms with Crippen molar-refractivity contribution in [2.75, 3.05) is 18.5 Å². The zero-order valence-corrected chi connectivity index (χ0v) is 8.66. The van der Waals surface area contributed by atoms with Crippen LogP contribution in [0.5, 0.6) is 0 Å². The second-order valence-electron chi connectivity index (χ2n) is 3.41. The van der Waals surface area contributed by atoms with Crippen molar-refractivity contribution in [3.63, 3.8) is 0 Å². The molecule has 12 heavy (non-hydrogen) atoms. The number of rotatable bonds is 2. The Labute approximate surface area is 79.6 Å². The molecule has 0 unspecified atom stereocenters. The molecule has 0 amide bonds. The van der Waals surface area contributed by atoms with E-state index in [0.717, 1.165) is 6.92 Å². The van der Waals surface area contributed by atoms with Gasteiger partial charge in [0.2, 0.25) is 0 Å². The fourth-order valence-corrected chi connectivity index (χ4v) is 2.51. The molecule has 0 aromatic rings. The largest absolute Gasteiger partial charge is 0.381 e. The lowest BCUT2D eigenvalue weighted by Gasteiger charge is -2.40. The van der Waals surface area contributed by atoms with Gasteiger partial charge < -0.3 is 4.74 Å². The first-order valence-electron chi connectivity index (χ1n) is 4.03. The molecule has 0 aromatic heterocycles. The predicted octanol–water partition coefficient (Wildman–Crippen LogP) is 2.83. The van der Waals surface area contributed by atoms with Gasteiger partial charge >= 0.3 is 0 Å². The molecule has 0 N–H and O–H groups in total. The number of hydrogen-bond acceptors (Lipinski definition) is 1. The maximum absolute atomic E-state index is 13.2. The molecular formula is C8H13BrF2O. The molecule has 0 saturated carbocycles. The Kier molecular flexibility index (Phi) is 3.10. The van der Waals surface area contributed by atoms with E-state index >= 15 is 0 Å². The molecule has 4 heteroatoms. The van der Waals surface area contributed by atoms with E-state index in [1.807, 2.05) is 0 Å². The number of alkyl halides is 3. The van der Waals surface area contributed by atoms with Gasteiger partial charge in [0.15, 0.2) is 0 Å². The van der Waals surface area contributed by atoms with Crippen LogP contribution in [0.2, 0.25) is 0 Å². The molecule has 0 aromatic carbocycles. The summed E-state index contributed by atoms with van der Waals surface area (Å²) in [5, 5.41) is 0.354. The Morgan fingerprint density at radius 3 is 2.17 bits per heavy atom. The van der Waals surface area contributed by atoms with Crippen LogP contribution in [0.3, 0.4) is 0 Å². The van der Waals surface area contributed by atoms with E-state index < -0.39 is 11.3 Å². The first-order valence-corrected chi connectivity index (χ1v) is 5.15. The first kappa shape index (κ1) is 10.4. The molecule has 72 valence electrons. The van der Waals surface area contributed by atoms with Crippen LogP contribution in [0.1, 0.15) is 19.8 Å². The van der Waals surface area contributed by atoms with Gasteiger partial charge in [-0.25, -0.2) is 8.78 Å². The number of halogens is 3. The summed E-state index contributed by atoms with van der Waals surface area (Å²) in [7, 11) is 0. The normalized spacial score (nSPS) is 24.0. The minimum absolute atomic E-state index is 0.354. The van der Waals surface area contributed by atoms with Gasteiger partial charge in [0.25, 0.3) is 5.92 Å². The second kappa shape index (κ2) is 3.58. The third kappa shape index (κ3) is 1.79. The molecule has 0 spiro atoms. The van der Waals surface area contributed by atoms with Crippen molar-refractivity contribution in [1.82, 2.24) is 0 Å². The van der Waals surface area contributed by atoms with Crippen LogP contribution in [-0.2, 0) is 4.74 Å². The van der Waals surface area contributed by atoms with Crippen molar-refractivity contribution in [2.24, 2.45) is 5.41 Å². The van der Waals surface area contributed by atoms with Gasteiger partial charge in [0.1, 0.15) is 0 Å². The molecule has 0 aliphatic carbocycles. The Morgan fingerprint density at radius 2 is 1.92 bits per heavy atom. The molecule has 0 atom stereocenters. The molecule has 1 heterocycles. The minimum atomic E-state index is -2.61. The highest BCUT2D eigenvalue weighted by Crippen LogP contribution is 2.45. The molecule has 1 rings (SSSR count). The molecule has 1 aliphatic rings. The van der Waals surface area contributed by atoms with Crippen LogP contribution in [-0.4, -0.2) is 24.5 Å². The van der Waals surface area contributed by atoms with E-state index in [1.165, 1.54) is 0 Å². The Hall–Kier alpha value is 0.300. The molecular weight excluding hydrogens is 230 g/mol. The van der Waals surface area contributed by atoms with Crippen molar-refractivity contribution in [2.45, 2.75) is 25.7 Å². The van der Waals surface area contributed by atoms with Crippen LogP contribution < -0.4 is 0 Å². The second-order valence-corrected chi connectivity index (χ2v) is 3.98. The average Bonchev–Trinajstić information content (AvgIpc) is 2.04. The molecule has 1 saturated heterocycles. The van der Waals surface area contributed by atoms with E-state index in [1.54, 1.807) is 0 Å². The van der Waals surface area contributed by atoms with Crippen molar-refractivity contribution >= 4 is 15.9 Å². The van der Waals surface area contributed by atoms with E-state index in [0.29, 0.717) is 31.4 Å². The zero-order valence-electron chi connectivity index (χ0n) is 7.08. The van der Waals surface area contributed by atoms with Crippen molar-refractivity contribution < 1.29 is 13.5 Å². The first-order chi connectivity index (χ1) is 5.52. The van der Waals surface area contributed by atoms with Gasteiger partial charge in [-0.1, -0.05) is 15.9 Å². The van der Waals surface area contributed by atoms with Gasteiger partial charge in [-0.2, -0.15) is 0 Å². The van der Waals surface area contributed by atoms with Crippen molar-refractivity contribution in [3.8, 4) is 0 Å². The summed E-state index contributed by atoms with van der Waals surface area (Å²) < 4.78 is 31.4. The summed E-state index contributed by atoms with van der Waals surface area (Å²) in [4.78, 5) is 0. The highest BCUT2D eigenvalue weighted by Gasteiger charge is 2.49. The fraction of sp³-hybridized carbons (Fsp3) is 1.00. The monoisotopic (exact) mass is 242 g/mol. The SMILES string of the molecule is CC(F)(F)C1(CBr)CCOCC1. The zero-order chi connectivity index (χ0) is 9.24. The summed E-state index contributed by atoms with van der Waals surface area (Å²) in [6.45, 7) is 1.91. The summed E-state index contributed by atoms with van der Waals surface area (Å²) >= 11 is 3.17. The lowest BCUT2D eigenvalue weighted by molar-refractivity contribution is -0.137. The fourth-order valence-electron chi connectivity index (χ4n) is 1.45. The van der Waals surface area contributed by atoms with Crippen LogP contribution in [0, 0.1) is 5.41 Å². The highest BCUT2D eigenvalue weighted by molar-refractivity contribution is 9.09. The lowest BCUT2D eigenvalue weighted by Crippen LogP contribution is -2.44. The third-order valence-electron chi connectivity index (χ3n) is 2.64. The van der Waals surface area contributed by atoms with E-state index in [-0.39, 0.29) is 0 Å². The van der Waals surface area contributed by atoms with E-state index in [2.05, 4.69) is 15.9 Å². The van der Waals surface area contributed by atoms with Gasteiger partial charge in [0.05, 0.1) is 0 Å². The lowest BCUT2D eigenvalue weighted by atomic mass is 9.77. The quantitative estimate of drug-likeness (QED) is 0.677. The maximum atomic E-state index is 13.2. The smallest absolute Gasteiger partial charge is 0.251 e. The van der Waals surface area contributed by atoms with Crippen molar-refractivity contribution in [1.29, 1.82) is 0 Å². The summed E-state index contributed by atoms with van der Waals surface area (Å²) in [5.41, 5.74) is -0.884. The van der Waals surface area contributed by atoms with Gasteiger partial charge in [-0.05, 0) is 19.8 Å². The predicted molar refractivity (Wildman–Crippen MR) is 46.9 cm³/mol. The summed E-state index contributed by atoms with van der Waals surface area (Å²) in [6, 6.07) is 0. The Balaban J connectivity index is 2.73. The molecule has 1 aliphatic heterocycles. The standard InChI is InChI=1S/C8H13BrF2O/c1-7(10,11)8(6-9)2-4-12-5-3-8/h2-6H2,1H3. The summed E-state index contributed by atoms with van der Waals surface area (Å²) in [6.07, 6.45) is 0.892.